The Bertz CT molecular complexity index is 1390. The average Bonchev–Trinajstić information content (AvgIpc) is 3.11. The molecule has 0 aliphatic carbocycles. The average molecular weight is 456 g/mol. The summed E-state index contributed by atoms with van der Waals surface area (Å²) < 4.78 is 5.50. The third-order valence-electron chi connectivity index (χ3n) is 6.02. The summed E-state index contributed by atoms with van der Waals surface area (Å²) in [6, 6.07) is 14.4. The van der Waals surface area contributed by atoms with E-state index >= 15 is 0 Å². The first kappa shape index (κ1) is 21.6. The van der Waals surface area contributed by atoms with Crippen LogP contribution >= 0.6 is 0 Å². The van der Waals surface area contributed by atoms with Gasteiger partial charge in [0, 0.05) is 18.3 Å². The first-order chi connectivity index (χ1) is 16.5. The Balaban J connectivity index is 1.43. The standard InChI is InChI=1S/C26H25N5O3/c1-16-28-20-9-5-10-21(23(20)29-16)30-25(32)19-12-11-18(15-22(19)34-2)26(33)31-14-4-3-7-17-8-6-13-27-24(17)31/h5-6,8-13,15H,3-4,7,14H2,1-2H3,(H,28,29)(H,30,32). The monoisotopic (exact) mass is 455 g/mol. The van der Waals surface area contributed by atoms with E-state index in [1.807, 2.05) is 31.2 Å². The van der Waals surface area contributed by atoms with Gasteiger partial charge in [-0.15, -0.1) is 0 Å². The van der Waals surface area contributed by atoms with Gasteiger partial charge in [0.25, 0.3) is 11.8 Å². The van der Waals surface area contributed by atoms with Crippen molar-refractivity contribution in [1.29, 1.82) is 0 Å². The molecule has 8 nitrogen and oxygen atoms in total. The van der Waals surface area contributed by atoms with Crippen molar-refractivity contribution in [2.45, 2.75) is 26.2 Å². The number of fused-ring (bicyclic) bond motifs is 2. The summed E-state index contributed by atoms with van der Waals surface area (Å²) in [6.45, 7) is 2.46. The molecule has 0 radical (unpaired) electrons. The van der Waals surface area contributed by atoms with E-state index in [0.29, 0.717) is 40.4 Å². The second-order valence-electron chi connectivity index (χ2n) is 8.29. The minimum Gasteiger partial charge on any atom is -0.496 e. The number of pyridine rings is 1. The molecule has 3 heterocycles. The number of para-hydroxylation sites is 1. The van der Waals surface area contributed by atoms with Crippen molar-refractivity contribution in [2.75, 3.05) is 23.9 Å². The third kappa shape index (κ3) is 3.98. The van der Waals surface area contributed by atoms with E-state index in [0.717, 1.165) is 36.2 Å². The van der Waals surface area contributed by atoms with Gasteiger partial charge in [-0.3, -0.25) is 14.5 Å². The Labute approximate surface area is 197 Å². The Hall–Kier alpha value is -4.20. The molecule has 0 bridgehead atoms. The number of hydrogen-bond donors (Lipinski definition) is 2. The van der Waals surface area contributed by atoms with E-state index < -0.39 is 0 Å². The predicted molar refractivity (Wildman–Crippen MR) is 131 cm³/mol. The molecule has 2 aromatic heterocycles. The quantitative estimate of drug-likeness (QED) is 0.472. The molecule has 1 aliphatic heterocycles. The van der Waals surface area contributed by atoms with Gasteiger partial charge in [0.2, 0.25) is 0 Å². The molecule has 2 aromatic carbocycles. The lowest BCUT2D eigenvalue weighted by atomic mass is 10.1. The van der Waals surface area contributed by atoms with E-state index in [2.05, 4.69) is 20.3 Å². The molecule has 8 heteroatoms. The van der Waals surface area contributed by atoms with Gasteiger partial charge in [0.05, 0.1) is 23.9 Å². The number of hydrogen-bond acceptors (Lipinski definition) is 5. The number of benzene rings is 2. The number of rotatable bonds is 4. The molecule has 0 spiro atoms. The van der Waals surface area contributed by atoms with Crippen LogP contribution in [-0.2, 0) is 6.42 Å². The molecule has 34 heavy (non-hydrogen) atoms. The van der Waals surface area contributed by atoms with E-state index in [1.54, 1.807) is 35.4 Å². The molecule has 4 aromatic rings. The lowest BCUT2D eigenvalue weighted by Gasteiger charge is -2.22. The minimum atomic E-state index is -0.342. The summed E-state index contributed by atoms with van der Waals surface area (Å²) in [4.78, 5) is 40.3. The van der Waals surface area contributed by atoms with Crippen molar-refractivity contribution >= 4 is 34.4 Å². The molecule has 0 saturated carbocycles. The number of H-pyrrole nitrogens is 1. The number of aromatic amines is 1. The van der Waals surface area contributed by atoms with Crippen LogP contribution in [0.3, 0.4) is 0 Å². The highest BCUT2D eigenvalue weighted by atomic mass is 16.5. The summed E-state index contributed by atoms with van der Waals surface area (Å²) >= 11 is 0. The number of aromatic nitrogens is 3. The van der Waals surface area contributed by atoms with Gasteiger partial charge < -0.3 is 15.0 Å². The number of methoxy groups -OCH3 is 1. The predicted octanol–water partition coefficient (Wildman–Crippen LogP) is 4.51. The first-order valence-corrected chi connectivity index (χ1v) is 11.3. The van der Waals surface area contributed by atoms with Crippen LogP contribution in [-0.4, -0.2) is 40.4 Å². The molecular formula is C26H25N5O3. The Kier molecular flexibility index (Phi) is 5.71. The number of ether oxygens (including phenoxy) is 1. The Morgan fingerprint density at radius 2 is 2.00 bits per heavy atom. The van der Waals surface area contributed by atoms with Crippen molar-refractivity contribution in [3.05, 3.63) is 77.2 Å². The highest BCUT2D eigenvalue weighted by molar-refractivity contribution is 6.11. The van der Waals surface area contributed by atoms with Gasteiger partial charge in [-0.1, -0.05) is 12.1 Å². The van der Waals surface area contributed by atoms with Gasteiger partial charge in [-0.25, -0.2) is 9.97 Å². The highest BCUT2D eigenvalue weighted by Crippen LogP contribution is 2.28. The van der Waals surface area contributed by atoms with Crippen LogP contribution in [0.4, 0.5) is 11.5 Å². The third-order valence-corrected chi connectivity index (χ3v) is 6.02. The maximum absolute atomic E-state index is 13.4. The van der Waals surface area contributed by atoms with Crippen LogP contribution in [0.2, 0.25) is 0 Å². The fourth-order valence-electron chi connectivity index (χ4n) is 4.37. The lowest BCUT2D eigenvalue weighted by molar-refractivity contribution is 0.0981. The van der Waals surface area contributed by atoms with Gasteiger partial charge >= 0.3 is 0 Å². The van der Waals surface area contributed by atoms with Crippen LogP contribution in [0.5, 0.6) is 5.75 Å². The number of carbonyl (C=O) groups is 2. The number of anilines is 2. The zero-order valence-electron chi connectivity index (χ0n) is 19.1. The minimum absolute atomic E-state index is 0.163. The molecule has 2 N–H and O–H groups in total. The fourth-order valence-corrected chi connectivity index (χ4v) is 4.37. The van der Waals surface area contributed by atoms with Crippen molar-refractivity contribution in [3.8, 4) is 5.75 Å². The zero-order valence-corrected chi connectivity index (χ0v) is 19.1. The molecule has 0 saturated heterocycles. The second kappa shape index (κ2) is 8.97. The molecule has 1 aliphatic rings. The molecular weight excluding hydrogens is 430 g/mol. The SMILES string of the molecule is COc1cc(C(=O)N2CCCCc3cccnc32)ccc1C(=O)Nc1cccc2[nH]c(C)nc12. The first-order valence-electron chi connectivity index (χ1n) is 11.3. The fraction of sp³-hybridized carbons (Fsp3) is 0.231. The van der Waals surface area contributed by atoms with Crippen molar-refractivity contribution in [1.82, 2.24) is 15.0 Å². The zero-order chi connectivity index (χ0) is 23.7. The molecule has 0 unspecified atom stereocenters. The maximum atomic E-state index is 13.4. The highest BCUT2D eigenvalue weighted by Gasteiger charge is 2.25. The summed E-state index contributed by atoms with van der Waals surface area (Å²) in [5.41, 5.74) is 3.97. The molecule has 5 rings (SSSR count). The Morgan fingerprint density at radius 3 is 2.85 bits per heavy atom. The van der Waals surface area contributed by atoms with E-state index in [4.69, 9.17) is 4.74 Å². The molecule has 172 valence electrons. The topological polar surface area (TPSA) is 100 Å². The van der Waals surface area contributed by atoms with Gasteiger partial charge in [-0.05, 0) is 68.1 Å². The van der Waals surface area contributed by atoms with E-state index in [-0.39, 0.29) is 11.8 Å². The van der Waals surface area contributed by atoms with Crippen molar-refractivity contribution in [2.24, 2.45) is 0 Å². The number of carbonyl (C=O) groups excluding carboxylic acids is 2. The van der Waals surface area contributed by atoms with Crippen LogP contribution in [0.25, 0.3) is 11.0 Å². The smallest absolute Gasteiger partial charge is 0.259 e. The van der Waals surface area contributed by atoms with Crippen molar-refractivity contribution < 1.29 is 14.3 Å². The van der Waals surface area contributed by atoms with Gasteiger partial charge in [-0.2, -0.15) is 0 Å². The van der Waals surface area contributed by atoms with E-state index in [1.165, 1.54) is 7.11 Å². The molecule has 0 atom stereocenters. The number of imidazole rings is 1. The van der Waals surface area contributed by atoms with Crippen molar-refractivity contribution in [3.63, 3.8) is 0 Å². The molecule has 0 fully saturated rings. The lowest BCUT2D eigenvalue weighted by Crippen LogP contribution is -2.32. The summed E-state index contributed by atoms with van der Waals surface area (Å²) in [7, 11) is 1.49. The van der Waals surface area contributed by atoms with Gasteiger partial charge in [0.1, 0.15) is 22.9 Å². The molecule has 2 amide bonds. The van der Waals surface area contributed by atoms with Crippen LogP contribution in [0, 0.1) is 6.92 Å². The number of nitrogens with one attached hydrogen (secondary N) is 2. The Morgan fingerprint density at radius 1 is 1.12 bits per heavy atom. The van der Waals surface area contributed by atoms with E-state index in [9.17, 15) is 9.59 Å². The maximum Gasteiger partial charge on any atom is 0.259 e. The number of aryl methyl sites for hydroxylation is 2. The second-order valence-corrected chi connectivity index (χ2v) is 8.29. The number of nitrogens with zero attached hydrogens (tertiary/aromatic N) is 3. The summed E-state index contributed by atoms with van der Waals surface area (Å²) in [6.07, 6.45) is 4.52. The largest absolute Gasteiger partial charge is 0.496 e. The van der Waals surface area contributed by atoms with Crippen LogP contribution in [0.15, 0.2) is 54.7 Å². The summed E-state index contributed by atoms with van der Waals surface area (Å²) in [5, 5.41) is 2.92. The normalized spacial score (nSPS) is 13.3. The van der Waals surface area contributed by atoms with Crippen LogP contribution in [0.1, 0.15) is 44.9 Å². The number of amides is 2. The van der Waals surface area contributed by atoms with Crippen LogP contribution < -0.4 is 15.0 Å². The van der Waals surface area contributed by atoms with Gasteiger partial charge in [0.15, 0.2) is 0 Å². The summed E-state index contributed by atoms with van der Waals surface area (Å²) in [5.74, 6) is 1.29.